The molecule has 0 atom stereocenters. The molecule has 2 heterocycles. The van der Waals surface area contributed by atoms with Crippen LogP contribution in [-0.4, -0.2) is 17.7 Å². The van der Waals surface area contributed by atoms with Crippen molar-refractivity contribution in [1.82, 2.24) is 10.9 Å². The number of carbonyl (C=O) groups is 3. The Morgan fingerprint density at radius 3 is 2.67 bits per heavy atom. The zero-order valence-electron chi connectivity index (χ0n) is 15.0. The lowest BCUT2D eigenvalue weighted by molar-refractivity contribution is -0.119. The molecule has 6 nitrogen and oxygen atoms in total. The molecule has 1 aliphatic rings. The molecule has 2 aromatic rings. The lowest BCUT2D eigenvalue weighted by atomic mass is 10.1. The summed E-state index contributed by atoms with van der Waals surface area (Å²) in [5.41, 5.74) is 6.19. The van der Waals surface area contributed by atoms with Gasteiger partial charge in [-0.05, 0) is 48.8 Å². The molecule has 0 spiro atoms. The van der Waals surface area contributed by atoms with Gasteiger partial charge in [-0.2, -0.15) is 0 Å². The molecule has 0 fully saturated rings. The van der Waals surface area contributed by atoms with Crippen LogP contribution in [-0.2, 0) is 22.4 Å². The monoisotopic (exact) mass is 403 g/mol. The largest absolute Gasteiger partial charge is 0.313 e. The van der Waals surface area contributed by atoms with E-state index in [1.807, 2.05) is 17.5 Å². The van der Waals surface area contributed by atoms with Crippen LogP contribution in [0.3, 0.4) is 0 Å². The summed E-state index contributed by atoms with van der Waals surface area (Å²) in [5.74, 6) is -1.04. The second-order valence-electron chi connectivity index (χ2n) is 6.24. The Bertz CT molecular complexity index is 869. The number of anilines is 1. The van der Waals surface area contributed by atoms with Gasteiger partial charge in [0.05, 0.1) is 5.56 Å². The smallest absolute Gasteiger partial charge is 0.272 e. The van der Waals surface area contributed by atoms with E-state index in [2.05, 4.69) is 16.2 Å². The molecule has 0 saturated heterocycles. The van der Waals surface area contributed by atoms with Gasteiger partial charge in [-0.15, -0.1) is 22.7 Å². The van der Waals surface area contributed by atoms with Crippen LogP contribution in [0, 0.1) is 0 Å². The number of thiophene rings is 2. The summed E-state index contributed by atoms with van der Waals surface area (Å²) in [6.45, 7) is 1.33. The van der Waals surface area contributed by atoms with E-state index in [4.69, 9.17) is 0 Å². The third-order valence-corrected chi connectivity index (χ3v) is 6.22. The fourth-order valence-electron chi connectivity index (χ4n) is 2.98. The van der Waals surface area contributed by atoms with Gasteiger partial charge in [0, 0.05) is 22.8 Å². The first kappa shape index (κ1) is 19.3. The van der Waals surface area contributed by atoms with E-state index in [0.29, 0.717) is 10.6 Å². The molecule has 0 aliphatic heterocycles. The van der Waals surface area contributed by atoms with E-state index < -0.39 is 5.91 Å². The predicted octanol–water partition coefficient (Wildman–Crippen LogP) is 3.51. The molecule has 0 unspecified atom stereocenters. The second kappa shape index (κ2) is 8.96. The summed E-state index contributed by atoms with van der Waals surface area (Å²) >= 11 is 3.00. The highest BCUT2D eigenvalue weighted by Crippen LogP contribution is 2.37. The Morgan fingerprint density at radius 2 is 1.93 bits per heavy atom. The maximum Gasteiger partial charge on any atom is 0.272 e. The van der Waals surface area contributed by atoms with Gasteiger partial charge < -0.3 is 5.32 Å². The minimum absolute atomic E-state index is 0.284. The Balaban J connectivity index is 1.83. The maximum absolute atomic E-state index is 12.7. The topological polar surface area (TPSA) is 87.3 Å². The van der Waals surface area contributed by atoms with Crippen LogP contribution in [0.1, 0.15) is 51.9 Å². The Labute approximate surface area is 165 Å². The normalized spacial score (nSPS) is 13.7. The van der Waals surface area contributed by atoms with Crippen LogP contribution in [0.15, 0.2) is 23.6 Å². The highest BCUT2D eigenvalue weighted by molar-refractivity contribution is 7.17. The highest BCUT2D eigenvalue weighted by Gasteiger charge is 2.25. The van der Waals surface area contributed by atoms with E-state index in [-0.39, 0.29) is 11.8 Å². The van der Waals surface area contributed by atoms with Gasteiger partial charge in [0.2, 0.25) is 11.8 Å². The Hall–Kier alpha value is -2.45. The number of carbonyl (C=O) groups excluding carboxylic acids is 3. The Morgan fingerprint density at radius 1 is 1.11 bits per heavy atom. The zero-order valence-corrected chi connectivity index (χ0v) is 16.6. The minimum atomic E-state index is -0.401. The van der Waals surface area contributed by atoms with Crippen LogP contribution in [0.4, 0.5) is 5.00 Å². The summed E-state index contributed by atoms with van der Waals surface area (Å²) in [7, 11) is 0. The molecular weight excluding hydrogens is 382 g/mol. The lowest BCUT2D eigenvalue weighted by Crippen LogP contribution is -2.40. The van der Waals surface area contributed by atoms with E-state index in [0.717, 1.165) is 47.4 Å². The maximum atomic E-state index is 12.7. The molecule has 3 rings (SSSR count). The fraction of sp³-hybridized carbons (Fsp3) is 0.316. The number of amides is 3. The molecule has 1 aliphatic carbocycles. The molecule has 142 valence electrons. The van der Waals surface area contributed by atoms with Crippen molar-refractivity contribution in [3.8, 4) is 0 Å². The van der Waals surface area contributed by atoms with Crippen molar-refractivity contribution in [3.05, 3.63) is 44.5 Å². The molecule has 3 N–H and O–H groups in total. The summed E-state index contributed by atoms with van der Waals surface area (Å²) < 4.78 is 0. The standard InChI is InChI=1S/C19H21N3O3S2/c1-12(23)21-22-18(25)17-14-7-3-2-4-8-15(14)27-19(17)20-16(24)10-9-13-6-5-11-26-13/h5-6,9-11H,2-4,7-8H2,1H3,(H,20,24)(H,21,23)(H,22,25)/b10-9+. The number of hydrogen-bond acceptors (Lipinski definition) is 5. The van der Waals surface area contributed by atoms with Crippen LogP contribution in [0.2, 0.25) is 0 Å². The molecule has 0 radical (unpaired) electrons. The number of rotatable bonds is 4. The van der Waals surface area contributed by atoms with Gasteiger partial charge in [-0.3, -0.25) is 25.2 Å². The van der Waals surface area contributed by atoms with Crippen molar-refractivity contribution in [3.63, 3.8) is 0 Å². The predicted molar refractivity (Wildman–Crippen MR) is 109 cm³/mol. The average molecular weight is 404 g/mol. The first-order chi connectivity index (χ1) is 13.0. The first-order valence-corrected chi connectivity index (χ1v) is 10.5. The number of nitrogens with one attached hydrogen (secondary N) is 3. The van der Waals surface area contributed by atoms with Crippen LogP contribution < -0.4 is 16.2 Å². The van der Waals surface area contributed by atoms with Gasteiger partial charge in [0.1, 0.15) is 5.00 Å². The van der Waals surface area contributed by atoms with Crippen LogP contribution >= 0.6 is 22.7 Å². The molecule has 27 heavy (non-hydrogen) atoms. The minimum Gasteiger partial charge on any atom is -0.313 e. The van der Waals surface area contributed by atoms with Gasteiger partial charge >= 0.3 is 0 Å². The van der Waals surface area contributed by atoms with E-state index >= 15 is 0 Å². The van der Waals surface area contributed by atoms with Crippen molar-refractivity contribution in [1.29, 1.82) is 0 Å². The number of hydrazine groups is 1. The van der Waals surface area contributed by atoms with Crippen molar-refractivity contribution < 1.29 is 14.4 Å². The van der Waals surface area contributed by atoms with Crippen molar-refractivity contribution >= 4 is 51.5 Å². The molecule has 2 aromatic heterocycles. The molecular formula is C19H21N3O3S2. The van der Waals surface area contributed by atoms with Crippen LogP contribution in [0.5, 0.6) is 0 Å². The van der Waals surface area contributed by atoms with Crippen molar-refractivity contribution in [2.75, 3.05) is 5.32 Å². The molecule has 0 saturated carbocycles. The highest BCUT2D eigenvalue weighted by atomic mass is 32.1. The quantitative estimate of drug-likeness (QED) is 0.415. The average Bonchev–Trinajstić information content (AvgIpc) is 3.20. The summed E-state index contributed by atoms with van der Waals surface area (Å²) in [6.07, 6.45) is 8.12. The van der Waals surface area contributed by atoms with E-state index in [1.54, 1.807) is 17.4 Å². The third kappa shape index (κ3) is 5.05. The summed E-state index contributed by atoms with van der Waals surface area (Å²) in [6, 6.07) is 3.84. The van der Waals surface area contributed by atoms with Crippen LogP contribution in [0.25, 0.3) is 6.08 Å². The molecule has 3 amide bonds. The molecule has 8 heteroatoms. The van der Waals surface area contributed by atoms with E-state index in [1.165, 1.54) is 24.3 Å². The fourth-order valence-corrected chi connectivity index (χ4v) is 4.88. The summed E-state index contributed by atoms with van der Waals surface area (Å²) in [5, 5.41) is 5.32. The summed E-state index contributed by atoms with van der Waals surface area (Å²) in [4.78, 5) is 38.2. The first-order valence-electron chi connectivity index (χ1n) is 8.78. The number of aryl methyl sites for hydroxylation is 1. The molecule has 0 bridgehead atoms. The van der Waals surface area contributed by atoms with Crippen molar-refractivity contribution in [2.24, 2.45) is 0 Å². The van der Waals surface area contributed by atoms with Gasteiger partial charge in [0.25, 0.3) is 5.91 Å². The molecule has 0 aromatic carbocycles. The second-order valence-corrected chi connectivity index (χ2v) is 8.33. The van der Waals surface area contributed by atoms with Crippen molar-refractivity contribution in [2.45, 2.75) is 39.0 Å². The van der Waals surface area contributed by atoms with Gasteiger partial charge in [0.15, 0.2) is 0 Å². The van der Waals surface area contributed by atoms with Gasteiger partial charge in [-0.25, -0.2) is 0 Å². The zero-order chi connectivity index (χ0) is 19.2. The van der Waals surface area contributed by atoms with Gasteiger partial charge in [-0.1, -0.05) is 12.5 Å². The SMILES string of the molecule is CC(=O)NNC(=O)c1c(NC(=O)/C=C/c2cccs2)sc2c1CCCCC2. The third-order valence-electron chi connectivity index (χ3n) is 4.18. The Kier molecular flexibility index (Phi) is 6.41. The number of fused-ring (bicyclic) bond motifs is 1. The lowest BCUT2D eigenvalue weighted by Gasteiger charge is -2.09. The van der Waals surface area contributed by atoms with E-state index in [9.17, 15) is 14.4 Å². The number of hydrogen-bond donors (Lipinski definition) is 3.